The Morgan fingerprint density at radius 3 is 2.59 bits per heavy atom. The monoisotopic (exact) mass is 395 g/mol. The third-order valence-electron chi connectivity index (χ3n) is 5.84. The van der Waals surface area contributed by atoms with Crippen molar-refractivity contribution >= 4 is 16.0 Å². The summed E-state index contributed by atoms with van der Waals surface area (Å²) < 4.78 is 41.3. The fourth-order valence-corrected chi connectivity index (χ4v) is 5.89. The van der Waals surface area contributed by atoms with Crippen LogP contribution in [0.1, 0.15) is 44.9 Å². The molecule has 27 heavy (non-hydrogen) atoms. The van der Waals surface area contributed by atoms with Gasteiger partial charge in [-0.2, -0.15) is 0 Å². The molecular weight excluding hydrogens is 369 g/mol. The first-order valence-corrected chi connectivity index (χ1v) is 11.0. The average molecular weight is 395 g/mol. The first-order chi connectivity index (χ1) is 12.9. The number of carbonyl (C=O) groups is 1. The Bertz CT molecular complexity index is 791. The molecule has 1 unspecified atom stereocenters. The Kier molecular flexibility index (Phi) is 6.32. The number of sulfonamides is 1. The molecule has 7 heteroatoms. The highest BCUT2D eigenvalue weighted by molar-refractivity contribution is 7.89. The van der Waals surface area contributed by atoms with Crippen molar-refractivity contribution in [2.75, 3.05) is 0 Å². The second-order valence-electron chi connectivity index (χ2n) is 7.59. The smallest absolute Gasteiger partial charge is 0.303 e. The molecule has 2 aliphatic carbocycles. The van der Waals surface area contributed by atoms with Gasteiger partial charge in [0.25, 0.3) is 0 Å². The Morgan fingerprint density at radius 2 is 1.89 bits per heavy atom. The van der Waals surface area contributed by atoms with Crippen molar-refractivity contribution in [3.8, 4) is 0 Å². The lowest BCUT2D eigenvalue weighted by Gasteiger charge is -2.31. The second kappa shape index (κ2) is 8.52. The maximum Gasteiger partial charge on any atom is 0.303 e. The molecule has 2 aliphatic rings. The van der Waals surface area contributed by atoms with Crippen molar-refractivity contribution < 1.29 is 22.7 Å². The minimum atomic E-state index is -3.67. The highest BCUT2D eigenvalue weighted by atomic mass is 32.2. The van der Waals surface area contributed by atoms with E-state index < -0.39 is 21.8 Å². The van der Waals surface area contributed by atoms with Gasteiger partial charge in [-0.3, -0.25) is 4.79 Å². The molecule has 2 fully saturated rings. The summed E-state index contributed by atoms with van der Waals surface area (Å²) in [7, 11) is -3.67. The zero-order valence-electron chi connectivity index (χ0n) is 15.2. The minimum Gasteiger partial charge on any atom is -0.481 e. The van der Waals surface area contributed by atoms with E-state index in [4.69, 9.17) is 5.11 Å². The van der Waals surface area contributed by atoms with Crippen LogP contribution in [0.4, 0.5) is 4.39 Å². The van der Waals surface area contributed by atoms with Crippen LogP contribution in [0, 0.1) is 23.6 Å². The number of carboxylic acids is 1. The molecule has 2 N–H and O–H groups in total. The maximum absolute atomic E-state index is 13.1. The van der Waals surface area contributed by atoms with E-state index in [2.05, 4.69) is 10.8 Å². The van der Waals surface area contributed by atoms with E-state index in [0.29, 0.717) is 18.3 Å². The summed E-state index contributed by atoms with van der Waals surface area (Å²) in [5.41, 5.74) is 0. The van der Waals surface area contributed by atoms with E-state index in [0.717, 1.165) is 44.2 Å². The van der Waals surface area contributed by atoms with Crippen LogP contribution in [0.3, 0.4) is 0 Å². The normalized spacial score (nSPS) is 27.4. The summed E-state index contributed by atoms with van der Waals surface area (Å²) in [5, 5.41) is 8.66. The molecule has 148 valence electrons. The summed E-state index contributed by atoms with van der Waals surface area (Å²) >= 11 is 0. The standard InChI is InChI=1S/C20H26FNO4S/c21-16-9-11-17(12-10-16)27(25,26)22-20-15-8-7-14(13-15)18(20)5-3-1-2-4-6-19(23)24/h1,3,9-12,14-15,18,20,22H,2,4-8,13H2,(H,23,24)/b3-1-/t14-,15?,18+,20+/m1/s1. The summed E-state index contributed by atoms with van der Waals surface area (Å²) in [6.45, 7) is 0. The predicted octanol–water partition coefficient (Wildman–Crippen LogP) is 3.72. The number of allylic oxidation sites excluding steroid dienone is 2. The first-order valence-electron chi connectivity index (χ1n) is 9.51. The molecule has 5 nitrogen and oxygen atoms in total. The summed E-state index contributed by atoms with van der Waals surface area (Å²) in [6, 6.07) is 4.81. The third-order valence-corrected chi connectivity index (χ3v) is 7.32. The van der Waals surface area contributed by atoms with Gasteiger partial charge in [-0.1, -0.05) is 12.2 Å². The second-order valence-corrected chi connectivity index (χ2v) is 9.31. The van der Waals surface area contributed by atoms with Crippen LogP contribution < -0.4 is 4.72 Å². The number of aliphatic carboxylic acids is 1. The number of halogens is 1. The van der Waals surface area contributed by atoms with Crippen LogP contribution in [0.25, 0.3) is 0 Å². The van der Waals surface area contributed by atoms with Crippen LogP contribution in [0.15, 0.2) is 41.3 Å². The maximum atomic E-state index is 13.1. The molecule has 3 rings (SSSR count). The van der Waals surface area contributed by atoms with Crippen molar-refractivity contribution in [2.45, 2.75) is 55.9 Å². The van der Waals surface area contributed by atoms with Gasteiger partial charge in [-0.15, -0.1) is 0 Å². The molecule has 2 bridgehead atoms. The largest absolute Gasteiger partial charge is 0.481 e. The van der Waals surface area contributed by atoms with E-state index in [-0.39, 0.29) is 23.3 Å². The van der Waals surface area contributed by atoms with Gasteiger partial charge in [0.05, 0.1) is 4.90 Å². The molecule has 0 amide bonds. The average Bonchev–Trinajstić information content (AvgIpc) is 3.20. The molecule has 4 atom stereocenters. The molecule has 0 aromatic heterocycles. The SMILES string of the molecule is O=C(O)CCC/C=C\C[C@H]1[C@@H]2CCC(C2)[C@@H]1NS(=O)(=O)c1ccc(F)cc1. The molecule has 0 aliphatic heterocycles. The Morgan fingerprint density at radius 1 is 1.19 bits per heavy atom. The van der Waals surface area contributed by atoms with Crippen molar-refractivity contribution in [1.82, 2.24) is 4.72 Å². The van der Waals surface area contributed by atoms with E-state index in [1.807, 2.05) is 6.08 Å². The van der Waals surface area contributed by atoms with Gasteiger partial charge in [0.1, 0.15) is 5.82 Å². The van der Waals surface area contributed by atoms with Crippen LogP contribution >= 0.6 is 0 Å². The van der Waals surface area contributed by atoms with Crippen LogP contribution in [-0.2, 0) is 14.8 Å². The quantitative estimate of drug-likeness (QED) is 0.493. The lowest BCUT2D eigenvalue weighted by Crippen LogP contribution is -2.43. The Hall–Kier alpha value is -1.73. The fourth-order valence-electron chi connectivity index (χ4n) is 4.54. The number of hydrogen-bond donors (Lipinski definition) is 2. The molecule has 0 heterocycles. The van der Waals surface area contributed by atoms with Crippen LogP contribution in [0.2, 0.25) is 0 Å². The van der Waals surface area contributed by atoms with Gasteiger partial charge in [-0.25, -0.2) is 17.5 Å². The van der Waals surface area contributed by atoms with E-state index in [9.17, 15) is 17.6 Å². The molecule has 1 aromatic rings. The summed E-state index contributed by atoms with van der Waals surface area (Å²) in [5.74, 6) is -0.100. The number of carboxylic acid groups (broad SMARTS) is 1. The summed E-state index contributed by atoms with van der Waals surface area (Å²) in [4.78, 5) is 10.6. The van der Waals surface area contributed by atoms with Gasteiger partial charge in [0.15, 0.2) is 0 Å². The summed E-state index contributed by atoms with van der Waals surface area (Å²) in [6.07, 6.45) is 9.59. The molecule has 0 radical (unpaired) electrons. The highest BCUT2D eigenvalue weighted by Crippen LogP contribution is 2.50. The molecular formula is C20H26FNO4S. The van der Waals surface area contributed by atoms with Crippen LogP contribution in [-0.4, -0.2) is 25.5 Å². The lowest BCUT2D eigenvalue weighted by atomic mass is 9.83. The van der Waals surface area contributed by atoms with Gasteiger partial charge in [0, 0.05) is 12.5 Å². The van der Waals surface area contributed by atoms with Gasteiger partial charge in [-0.05, 0) is 80.5 Å². The van der Waals surface area contributed by atoms with E-state index >= 15 is 0 Å². The zero-order chi connectivity index (χ0) is 19.4. The fraction of sp³-hybridized carbons (Fsp3) is 0.550. The number of nitrogens with one attached hydrogen (secondary N) is 1. The zero-order valence-corrected chi connectivity index (χ0v) is 16.0. The van der Waals surface area contributed by atoms with Crippen molar-refractivity contribution in [2.24, 2.45) is 17.8 Å². The third kappa shape index (κ3) is 4.96. The topological polar surface area (TPSA) is 83.5 Å². The molecule has 0 spiro atoms. The number of hydrogen-bond acceptors (Lipinski definition) is 3. The number of benzene rings is 1. The molecule has 0 saturated heterocycles. The Balaban J connectivity index is 1.62. The van der Waals surface area contributed by atoms with Gasteiger partial charge in [0.2, 0.25) is 10.0 Å². The predicted molar refractivity (Wildman–Crippen MR) is 100 cm³/mol. The van der Waals surface area contributed by atoms with Gasteiger partial charge >= 0.3 is 5.97 Å². The van der Waals surface area contributed by atoms with E-state index in [1.165, 1.54) is 12.1 Å². The number of unbranched alkanes of at least 4 members (excludes halogenated alkanes) is 1. The Labute approximate surface area is 159 Å². The van der Waals surface area contributed by atoms with Gasteiger partial charge < -0.3 is 5.11 Å². The van der Waals surface area contributed by atoms with Crippen LogP contribution in [0.5, 0.6) is 0 Å². The highest BCUT2D eigenvalue weighted by Gasteiger charge is 2.48. The molecule has 1 aromatic carbocycles. The van der Waals surface area contributed by atoms with E-state index in [1.54, 1.807) is 0 Å². The first kappa shape index (κ1) is 20.0. The van der Waals surface area contributed by atoms with Crippen molar-refractivity contribution in [1.29, 1.82) is 0 Å². The van der Waals surface area contributed by atoms with Crippen molar-refractivity contribution in [3.05, 3.63) is 42.2 Å². The number of rotatable bonds is 9. The molecule has 2 saturated carbocycles. The lowest BCUT2D eigenvalue weighted by molar-refractivity contribution is -0.137. The minimum absolute atomic E-state index is 0.0923. The van der Waals surface area contributed by atoms with Crippen molar-refractivity contribution in [3.63, 3.8) is 0 Å². The number of fused-ring (bicyclic) bond motifs is 2.